The van der Waals surface area contributed by atoms with Gasteiger partial charge in [-0.2, -0.15) is 0 Å². The summed E-state index contributed by atoms with van der Waals surface area (Å²) in [7, 11) is 0. The van der Waals surface area contributed by atoms with E-state index in [1.807, 2.05) is 66.7 Å². The summed E-state index contributed by atoms with van der Waals surface area (Å²) in [5, 5.41) is 1.24. The third-order valence-corrected chi connectivity index (χ3v) is 7.69. The average molecular weight is 580 g/mol. The lowest BCUT2D eigenvalue weighted by molar-refractivity contribution is -0.139. The lowest BCUT2D eigenvalue weighted by atomic mass is 9.96. The van der Waals surface area contributed by atoms with Crippen molar-refractivity contribution < 1.29 is 14.3 Å². The van der Waals surface area contributed by atoms with Crippen molar-refractivity contribution in [3.05, 3.63) is 130 Å². The van der Waals surface area contributed by atoms with Crippen LogP contribution in [0.4, 0.5) is 0 Å². The number of rotatable bonds is 7. The van der Waals surface area contributed by atoms with Crippen molar-refractivity contribution in [2.45, 2.75) is 26.5 Å². The molecular weight excluding hydrogens is 555 g/mol. The normalized spacial score (nSPS) is 15.1. The molecule has 5 rings (SSSR count). The zero-order valence-corrected chi connectivity index (χ0v) is 23.5. The number of benzene rings is 3. The zero-order chi connectivity index (χ0) is 27.5. The zero-order valence-electron chi connectivity index (χ0n) is 21.2. The number of carbonyl (C=O) groups excluding carboxylic acids is 1. The number of carbonyl (C=O) groups is 1. The second-order valence-electron chi connectivity index (χ2n) is 8.84. The van der Waals surface area contributed by atoms with Gasteiger partial charge in [-0.05, 0) is 73.0 Å². The Labute approximate surface area is 239 Å². The number of fused-ring (bicyclic) bond motifs is 1. The Morgan fingerprint density at radius 1 is 1.00 bits per heavy atom. The summed E-state index contributed by atoms with van der Waals surface area (Å²) in [5.74, 6) is 0.211. The Hall–Kier alpha value is -3.65. The first-order valence-corrected chi connectivity index (χ1v) is 13.8. The van der Waals surface area contributed by atoms with Gasteiger partial charge < -0.3 is 9.47 Å². The number of esters is 1. The molecule has 1 unspecified atom stereocenters. The number of ether oxygens (including phenoxy) is 2. The van der Waals surface area contributed by atoms with Crippen molar-refractivity contribution in [3.8, 4) is 5.75 Å². The molecule has 9 heteroatoms. The second kappa shape index (κ2) is 11.6. The fourth-order valence-corrected chi connectivity index (χ4v) is 5.61. The van der Waals surface area contributed by atoms with E-state index >= 15 is 0 Å². The molecule has 0 saturated heterocycles. The fourth-order valence-electron chi connectivity index (χ4n) is 4.31. The minimum Gasteiger partial charge on any atom is -0.489 e. The molecule has 0 saturated carbocycles. The molecular formula is C30H24Cl2N2O4S. The second-order valence-corrected chi connectivity index (χ2v) is 10.7. The van der Waals surface area contributed by atoms with Gasteiger partial charge in [-0.3, -0.25) is 9.36 Å². The number of hydrogen-bond acceptors (Lipinski definition) is 6. The van der Waals surface area contributed by atoms with Gasteiger partial charge in [-0.1, -0.05) is 70.9 Å². The van der Waals surface area contributed by atoms with Gasteiger partial charge in [-0.15, -0.1) is 0 Å². The van der Waals surface area contributed by atoms with Crippen LogP contribution in [0.3, 0.4) is 0 Å². The summed E-state index contributed by atoms with van der Waals surface area (Å²) in [6, 6.07) is 21.4. The first kappa shape index (κ1) is 26.9. The molecule has 4 aromatic rings. The fraction of sp³-hybridized carbons (Fsp3) is 0.167. The largest absolute Gasteiger partial charge is 0.489 e. The van der Waals surface area contributed by atoms with E-state index in [2.05, 4.69) is 4.99 Å². The first-order chi connectivity index (χ1) is 18.8. The third-order valence-electron chi connectivity index (χ3n) is 6.20. The van der Waals surface area contributed by atoms with Crippen LogP contribution in [0.2, 0.25) is 10.0 Å². The van der Waals surface area contributed by atoms with Gasteiger partial charge in [0.1, 0.15) is 12.4 Å². The highest BCUT2D eigenvalue weighted by Crippen LogP contribution is 2.31. The number of halogens is 2. The van der Waals surface area contributed by atoms with E-state index in [1.54, 1.807) is 30.5 Å². The summed E-state index contributed by atoms with van der Waals surface area (Å²) in [4.78, 5) is 31.8. The molecule has 0 amide bonds. The Balaban J connectivity index is 1.48. The van der Waals surface area contributed by atoms with Crippen LogP contribution in [0.15, 0.2) is 93.9 Å². The van der Waals surface area contributed by atoms with E-state index in [0.29, 0.717) is 43.0 Å². The van der Waals surface area contributed by atoms with E-state index in [0.717, 1.165) is 16.7 Å². The highest BCUT2D eigenvalue weighted by atomic mass is 35.5. The standard InChI is InChI=1S/C30H24Cl2N2O4S/c1-3-37-29(36)26-18(2)33-30-34(27(26)21-8-12-23(32)13-9-21)28(35)25(39-30)16-19-6-14-24(15-7-19)38-17-20-4-10-22(31)11-5-20/h4-16,27H,3,17H2,1-2H3/b25-16+. The maximum absolute atomic E-state index is 13.7. The molecule has 1 atom stereocenters. The Morgan fingerprint density at radius 2 is 1.64 bits per heavy atom. The van der Waals surface area contributed by atoms with Crippen LogP contribution < -0.4 is 19.6 Å². The lowest BCUT2D eigenvalue weighted by Crippen LogP contribution is -2.39. The van der Waals surface area contributed by atoms with E-state index in [4.69, 9.17) is 32.7 Å². The minimum atomic E-state index is -0.677. The molecule has 6 nitrogen and oxygen atoms in total. The molecule has 0 spiro atoms. The smallest absolute Gasteiger partial charge is 0.338 e. The predicted molar refractivity (Wildman–Crippen MR) is 154 cm³/mol. The van der Waals surface area contributed by atoms with Crippen molar-refractivity contribution in [2.24, 2.45) is 4.99 Å². The van der Waals surface area contributed by atoms with E-state index in [9.17, 15) is 9.59 Å². The number of nitrogens with zero attached hydrogens (tertiary/aromatic N) is 2. The van der Waals surface area contributed by atoms with Crippen molar-refractivity contribution >= 4 is 46.6 Å². The maximum Gasteiger partial charge on any atom is 0.338 e. The molecule has 0 fully saturated rings. The third kappa shape index (κ3) is 5.86. The molecule has 0 radical (unpaired) electrons. The van der Waals surface area contributed by atoms with Crippen molar-refractivity contribution in [2.75, 3.05) is 6.61 Å². The highest BCUT2D eigenvalue weighted by molar-refractivity contribution is 7.07. The van der Waals surface area contributed by atoms with Gasteiger partial charge in [0, 0.05) is 10.0 Å². The van der Waals surface area contributed by atoms with Crippen molar-refractivity contribution in [1.82, 2.24) is 4.57 Å². The van der Waals surface area contributed by atoms with Crippen molar-refractivity contribution in [3.63, 3.8) is 0 Å². The Morgan fingerprint density at radius 3 is 2.28 bits per heavy atom. The maximum atomic E-state index is 13.7. The number of allylic oxidation sites excluding steroid dienone is 1. The van der Waals surface area contributed by atoms with Crippen LogP contribution in [0, 0.1) is 0 Å². The summed E-state index contributed by atoms with van der Waals surface area (Å²) in [5.41, 5.74) is 3.20. The summed E-state index contributed by atoms with van der Waals surface area (Å²) >= 11 is 13.3. The van der Waals surface area contributed by atoms with E-state index < -0.39 is 12.0 Å². The van der Waals surface area contributed by atoms with Crippen LogP contribution in [-0.2, 0) is 16.1 Å². The number of thiazole rings is 1. The quantitative estimate of drug-likeness (QED) is 0.264. The van der Waals surface area contributed by atoms with Crippen LogP contribution in [0.25, 0.3) is 6.08 Å². The van der Waals surface area contributed by atoms with Crippen LogP contribution in [0.5, 0.6) is 5.75 Å². The summed E-state index contributed by atoms with van der Waals surface area (Å²) < 4.78 is 13.3. The molecule has 1 aliphatic heterocycles. The van der Waals surface area contributed by atoms with Crippen LogP contribution >= 0.6 is 34.5 Å². The topological polar surface area (TPSA) is 69.9 Å². The predicted octanol–water partition coefficient (Wildman–Crippen LogP) is 5.68. The highest BCUT2D eigenvalue weighted by Gasteiger charge is 2.33. The molecule has 0 aliphatic carbocycles. The van der Waals surface area contributed by atoms with Gasteiger partial charge in [0.25, 0.3) is 5.56 Å². The Bertz CT molecular complexity index is 1720. The minimum absolute atomic E-state index is 0.215. The van der Waals surface area contributed by atoms with Gasteiger partial charge in [0.05, 0.1) is 28.5 Å². The number of aromatic nitrogens is 1. The SMILES string of the molecule is CCOC(=O)C1=C(C)N=c2s/c(=C/c3ccc(OCc4ccc(Cl)cc4)cc3)c(=O)n2C1c1ccc(Cl)cc1. The van der Waals surface area contributed by atoms with E-state index in [-0.39, 0.29) is 12.2 Å². The summed E-state index contributed by atoms with van der Waals surface area (Å²) in [6.45, 7) is 4.14. The first-order valence-electron chi connectivity index (χ1n) is 12.3. The molecule has 3 aromatic carbocycles. The molecule has 2 heterocycles. The van der Waals surface area contributed by atoms with Crippen LogP contribution in [0.1, 0.15) is 36.6 Å². The van der Waals surface area contributed by atoms with E-state index in [1.165, 1.54) is 11.3 Å². The van der Waals surface area contributed by atoms with Crippen molar-refractivity contribution in [1.29, 1.82) is 0 Å². The molecule has 39 heavy (non-hydrogen) atoms. The van der Waals surface area contributed by atoms with Gasteiger partial charge in [-0.25, -0.2) is 9.79 Å². The Kier molecular flexibility index (Phi) is 8.02. The molecule has 0 N–H and O–H groups in total. The van der Waals surface area contributed by atoms with Gasteiger partial charge in [0.15, 0.2) is 4.80 Å². The average Bonchev–Trinajstić information content (AvgIpc) is 3.23. The van der Waals surface area contributed by atoms with Crippen LogP contribution in [-0.4, -0.2) is 17.1 Å². The number of hydrogen-bond donors (Lipinski definition) is 0. The monoisotopic (exact) mass is 578 g/mol. The molecule has 1 aromatic heterocycles. The lowest BCUT2D eigenvalue weighted by Gasteiger charge is -2.24. The van der Waals surface area contributed by atoms with Gasteiger partial charge >= 0.3 is 5.97 Å². The van der Waals surface area contributed by atoms with Gasteiger partial charge in [0.2, 0.25) is 0 Å². The summed E-state index contributed by atoms with van der Waals surface area (Å²) in [6.07, 6.45) is 1.81. The molecule has 0 bridgehead atoms. The molecule has 198 valence electrons. The molecule has 1 aliphatic rings.